The fourth-order valence-corrected chi connectivity index (χ4v) is 2.28. The van der Waals surface area contributed by atoms with Crippen LogP contribution in [0.5, 0.6) is 0 Å². The lowest BCUT2D eigenvalue weighted by atomic mass is 10.0. The SMILES string of the molecule is Cc1cc(F)ccc1CCc1nc2nc(N)[nH]c(=O)c2[nH]1. The molecule has 1 aromatic carbocycles. The number of hydrogen-bond acceptors (Lipinski definition) is 4. The van der Waals surface area contributed by atoms with E-state index in [-0.39, 0.29) is 17.3 Å². The molecule has 3 rings (SSSR count). The standard InChI is InChI=1S/C14H14FN5O/c1-7-6-9(15)4-2-8(7)3-5-10-17-11-12(18-10)19-14(16)20-13(11)21/h2,4,6H,3,5H2,1H3,(H4,16,17,18,19,20,21). The van der Waals surface area contributed by atoms with Crippen LogP contribution in [0.15, 0.2) is 23.0 Å². The summed E-state index contributed by atoms with van der Waals surface area (Å²) in [6.07, 6.45) is 1.29. The van der Waals surface area contributed by atoms with Crippen molar-refractivity contribution in [1.82, 2.24) is 19.9 Å². The first-order valence-electron chi connectivity index (χ1n) is 6.52. The summed E-state index contributed by atoms with van der Waals surface area (Å²) in [5.41, 5.74) is 7.70. The number of benzene rings is 1. The number of halogens is 1. The number of nitrogens with one attached hydrogen (secondary N) is 2. The molecule has 2 aromatic heterocycles. The summed E-state index contributed by atoms with van der Waals surface area (Å²) in [6, 6.07) is 4.70. The first kappa shape index (κ1) is 13.3. The first-order valence-corrected chi connectivity index (χ1v) is 6.52. The van der Waals surface area contributed by atoms with Gasteiger partial charge in [0.05, 0.1) is 0 Å². The van der Waals surface area contributed by atoms with Crippen molar-refractivity contribution in [1.29, 1.82) is 0 Å². The lowest BCUT2D eigenvalue weighted by Gasteiger charge is -2.04. The highest BCUT2D eigenvalue weighted by Crippen LogP contribution is 2.13. The predicted octanol–water partition coefficient (Wildman–Crippen LogP) is 1.46. The van der Waals surface area contributed by atoms with Crippen LogP contribution in [-0.4, -0.2) is 19.9 Å². The van der Waals surface area contributed by atoms with Gasteiger partial charge in [-0.3, -0.25) is 9.78 Å². The molecule has 0 aliphatic rings. The minimum Gasteiger partial charge on any atom is -0.369 e. The number of aromatic amines is 2. The smallest absolute Gasteiger partial charge is 0.278 e. The van der Waals surface area contributed by atoms with E-state index in [9.17, 15) is 9.18 Å². The Morgan fingerprint density at radius 3 is 2.81 bits per heavy atom. The number of nitrogens with two attached hydrogens (primary N) is 1. The van der Waals surface area contributed by atoms with Gasteiger partial charge in [-0.25, -0.2) is 9.37 Å². The van der Waals surface area contributed by atoms with E-state index in [1.165, 1.54) is 12.1 Å². The molecular weight excluding hydrogens is 273 g/mol. The second-order valence-electron chi connectivity index (χ2n) is 4.90. The number of aromatic nitrogens is 4. The molecule has 4 N–H and O–H groups in total. The summed E-state index contributed by atoms with van der Waals surface area (Å²) < 4.78 is 13.1. The van der Waals surface area contributed by atoms with Crippen LogP contribution in [0.2, 0.25) is 0 Å². The molecule has 0 fully saturated rings. The van der Waals surface area contributed by atoms with E-state index < -0.39 is 0 Å². The molecule has 2 heterocycles. The molecule has 3 aromatic rings. The van der Waals surface area contributed by atoms with Crippen molar-refractivity contribution < 1.29 is 4.39 Å². The summed E-state index contributed by atoms with van der Waals surface area (Å²) >= 11 is 0. The summed E-state index contributed by atoms with van der Waals surface area (Å²) in [6.45, 7) is 1.87. The predicted molar refractivity (Wildman–Crippen MR) is 77.5 cm³/mol. The minimum absolute atomic E-state index is 0.0416. The monoisotopic (exact) mass is 287 g/mol. The van der Waals surface area contributed by atoms with Gasteiger partial charge in [0.2, 0.25) is 5.95 Å². The van der Waals surface area contributed by atoms with Gasteiger partial charge in [-0.05, 0) is 36.6 Å². The second-order valence-corrected chi connectivity index (χ2v) is 4.90. The summed E-state index contributed by atoms with van der Waals surface area (Å²) in [5.74, 6) is 0.448. The van der Waals surface area contributed by atoms with Crippen molar-refractivity contribution in [3.63, 3.8) is 0 Å². The molecular formula is C14H14FN5O. The number of anilines is 1. The topological polar surface area (TPSA) is 100 Å². The van der Waals surface area contributed by atoms with Gasteiger partial charge in [0.15, 0.2) is 11.2 Å². The van der Waals surface area contributed by atoms with Crippen molar-refractivity contribution in [2.24, 2.45) is 0 Å². The van der Waals surface area contributed by atoms with E-state index in [1.807, 2.05) is 6.92 Å². The zero-order valence-corrected chi connectivity index (χ0v) is 11.4. The third kappa shape index (κ3) is 2.62. The van der Waals surface area contributed by atoms with Gasteiger partial charge in [-0.2, -0.15) is 4.98 Å². The van der Waals surface area contributed by atoms with Gasteiger partial charge in [0.1, 0.15) is 11.6 Å². The van der Waals surface area contributed by atoms with Gasteiger partial charge < -0.3 is 10.7 Å². The van der Waals surface area contributed by atoms with Crippen molar-refractivity contribution in [2.45, 2.75) is 19.8 Å². The fourth-order valence-electron chi connectivity index (χ4n) is 2.28. The number of nitrogens with zero attached hydrogens (tertiary/aromatic N) is 2. The van der Waals surface area contributed by atoms with Crippen molar-refractivity contribution in [3.05, 3.63) is 51.3 Å². The largest absolute Gasteiger partial charge is 0.369 e. The number of H-pyrrole nitrogens is 2. The van der Waals surface area contributed by atoms with Gasteiger partial charge in [0, 0.05) is 6.42 Å². The van der Waals surface area contributed by atoms with E-state index in [1.54, 1.807) is 6.07 Å². The molecule has 0 saturated carbocycles. The van der Waals surface area contributed by atoms with Gasteiger partial charge >= 0.3 is 0 Å². The van der Waals surface area contributed by atoms with Crippen molar-refractivity contribution >= 4 is 17.1 Å². The molecule has 6 nitrogen and oxygen atoms in total. The highest BCUT2D eigenvalue weighted by Gasteiger charge is 2.09. The second kappa shape index (κ2) is 5.01. The molecule has 108 valence electrons. The summed E-state index contributed by atoms with van der Waals surface area (Å²) in [5, 5.41) is 0. The molecule has 0 radical (unpaired) electrons. The number of nitrogen functional groups attached to an aromatic ring is 1. The van der Waals surface area contributed by atoms with Crippen LogP contribution < -0.4 is 11.3 Å². The lowest BCUT2D eigenvalue weighted by molar-refractivity contribution is 0.625. The van der Waals surface area contributed by atoms with Crippen LogP contribution in [0.4, 0.5) is 10.3 Å². The first-order chi connectivity index (χ1) is 10.0. The van der Waals surface area contributed by atoms with E-state index >= 15 is 0 Å². The van der Waals surface area contributed by atoms with Crippen LogP contribution >= 0.6 is 0 Å². The molecule has 0 unspecified atom stereocenters. The Morgan fingerprint density at radius 1 is 1.24 bits per heavy atom. The Hall–Kier alpha value is -2.70. The number of fused-ring (bicyclic) bond motifs is 1. The molecule has 0 bridgehead atoms. The Morgan fingerprint density at radius 2 is 2.05 bits per heavy atom. The average molecular weight is 287 g/mol. The summed E-state index contributed by atoms with van der Waals surface area (Å²) in [4.78, 5) is 25.3. The average Bonchev–Trinajstić information content (AvgIpc) is 2.81. The third-order valence-corrected chi connectivity index (χ3v) is 3.36. The van der Waals surface area contributed by atoms with E-state index in [0.717, 1.165) is 11.1 Å². The molecule has 0 amide bonds. The van der Waals surface area contributed by atoms with Gasteiger partial charge in [-0.15, -0.1) is 0 Å². The van der Waals surface area contributed by atoms with Crippen LogP contribution in [0.1, 0.15) is 17.0 Å². The van der Waals surface area contributed by atoms with Gasteiger partial charge in [-0.1, -0.05) is 6.07 Å². The molecule has 0 saturated heterocycles. The highest BCUT2D eigenvalue weighted by molar-refractivity contribution is 5.70. The molecule has 7 heteroatoms. The molecule has 0 atom stereocenters. The molecule has 0 spiro atoms. The van der Waals surface area contributed by atoms with Crippen LogP contribution in [0.25, 0.3) is 11.2 Å². The third-order valence-electron chi connectivity index (χ3n) is 3.36. The normalized spacial score (nSPS) is 11.1. The van der Waals surface area contributed by atoms with E-state index in [4.69, 9.17) is 5.73 Å². The Kier molecular flexibility index (Phi) is 3.17. The minimum atomic E-state index is -0.339. The number of hydrogen-bond donors (Lipinski definition) is 3. The van der Waals surface area contributed by atoms with Crippen molar-refractivity contribution in [3.8, 4) is 0 Å². The van der Waals surface area contributed by atoms with Crippen LogP contribution in [0.3, 0.4) is 0 Å². The molecule has 21 heavy (non-hydrogen) atoms. The quantitative estimate of drug-likeness (QED) is 0.679. The Balaban J connectivity index is 1.85. The van der Waals surface area contributed by atoms with E-state index in [0.29, 0.717) is 29.8 Å². The zero-order valence-electron chi connectivity index (χ0n) is 11.4. The Labute approximate surface area is 119 Å². The number of aryl methyl sites for hydroxylation is 3. The molecule has 0 aliphatic heterocycles. The maximum Gasteiger partial charge on any atom is 0.278 e. The van der Waals surface area contributed by atoms with E-state index in [2.05, 4.69) is 19.9 Å². The van der Waals surface area contributed by atoms with Crippen LogP contribution in [-0.2, 0) is 12.8 Å². The molecule has 0 aliphatic carbocycles. The highest BCUT2D eigenvalue weighted by atomic mass is 19.1. The lowest BCUT2D eigenvalue weighted by Crippen LogP contribution is -2.10. The zero-order chi connectivity index (χ0) is 15.0. The Bertz CT molecular complexity index is 867. The maximum atomic E-state index is 13.1. The van der Waals surface area contributed by atoms with Crippen molar-refractivity contribution in [2.75, 3.05) is 5.73 Å². The maximum absolute atomic E-state index is 13.1. The number of imidazole rings is 1. The fraction of sp³-hybridized carbons (Fsp3) is 0.214. The van der Waals surface area contributed by atoms with Gasteiger partial charge in [0.25, 0.3) is 5.56 Å². The number of rotatable bonds is 3. The van der Waals surface area contributed by atoms with Crippen LogP contribution in [0, 0.1) is 12.7 Å². The summed E-state index contributed by atoms with van der Waals surface area (Å²) in [7, 11) is 0.